The molecule has 0 N–H and O–H groups in total. The molecule has 1 unspecified atom stereocenters. The molecule has 0 fully saturated rings. The molecule has 0 amide bonds. The number of rotatable bonds is 5. The summed E-state index contributed by atoms with van der Waals surface area (Å²) in [5.41, 5.74) is 1.80. The predicted octanol–water partition coefficient (Wildman–Crippen LogP) is 4.02. The molecule has 2 aromatic carbocycles. The highest BCUT2D eigenvalue weighted by atomic mass is 19.1. The summed E-state index contributed by atoms with van der Waals surface area (Å²) in [5, 5.41) is 0. The lowest BCUT2D eigenvalue weighted by molar-refractivity contribution is 0.134. The van der Waals surface area contributed by atoms with Crippen molar-refractivity contribution in [3.8, 4) is 0 Å². The van der Waals surface area contributed by atoms with Crippen molar-refractivity contribution in [1.82, 2.24) is 0 Å². The molecule has 2 aromatic rings. The lowest BCUT2D eigenvalue weighted by Crippen LogP contribution is -2.07. The molecule has 1 atom stereocenters. The van der Waals surface area contributed by atoms with Gasteiger partial charge in [-0.05, 0) is 30.2 Å². The van der Waals surface area contributed by atoms with Crippen LogP contribution in [0.4, 0.5) is 8.78 Å². The van der Waals surface area contributed by atoms with E-state index in [0.717, 1.165) is 11.1 Å². The van der Waals surface area contributed by atoms with E-state index in [2.05, 4.69) is 4.99 Å². The van der Waals surface area contributed by atoms with Crippen LogP contribution < -0.4 is 0 Å². The molecule has 5 heteroatoms. The third kappa shape index (κ3) is 3.40. The summed E-state index contributed by atoms with van der Waals surface area (Å²) in [6.07, 6.45) is 0. The molecule has 0 saturated carbocycles. The number of nitrogens with zero attached hydrogens (tertiary/aromatic N) is 1. The Bertz CT molecular complexity index is 693. The molecule has 3 nitrogen and oxygen atoms in total. The van der Waals surface area contributed by atoms with Crippen molar-refractivity contribution in [3.05, 3.63) is 70.8 Å². The third-order valence-electron chi connectivity index (χ3n) is 3.66. The van der Waals surface area contributed by atoms with Crippen LogP contribution in [0.25, 0.3) is 0 Å². The molecule has 120 valence electrons. The molecule has 1 aliphatic heterocycles. The van der Waals surface area contributed by atoms with E-state index in [4.69, 9.17) is 9.47 Å². The normalized spacial score (nSPS) is 17.0. The summed E-state index contributed by atoms with van der Waals surface area (Å²) < 4.78 is 38.3. The van der Waals surface area contributed by atoms with Gasteiger partial charge in [0, 0.05) is 6.61 Å². The highest BCUT2D eigenvalue weighted by molar-refractivity contribution is 5.95. The molecule has 1 aliphatic rings. The third-order valence-corrected chi connectivity index (χ3v) is 3.66. The van der Waals surface area contributed by atoms with Crippen molar-refractivity contribution in [1.29, 1.82) is 0 Å². The highest BCUT2D eigenvalue weighted by Gasteiger charge is 2.25. The van der Waals surface area contributed by atoms with Gasteiger partial charge in [0.2, 0.25) is 5.90 Å². The van der Waals surface area contributed by atoms with Gasteiger partial charge in [0.1, 0.15) is 29.8 Å². The van der Waals surface area contributed by atoms with Crippen LogP contribution in [0, 0.1) is 11.6 Å². The zero-order valence-electron chi connectivity index (χ0n) is 12.8. The minimum Gasteiger partial charge on any atom is -0.475 e. The Morgan fingerprint density at radius 1 is 1.13 bits per heavy atom. The van der Waals surface area contributed by atoms with Crippen molar-refractivity contribution in [2.24, 2.45) is 4.99 Å². The highest BCUT2D eigenvalue weighted by Crippen LogP contribution is 2.27. The molecule has 23 heavy (non-hydrogen) atoms. The number of benzene rings is 2. The van der Waals surface area contributed by atoms with Gasteiger partial charge in [-0.2, -0.15) is 0 Å². The standard InChI is InChI=1S/C18H17F2NO2/c1-2-22-10-12-6-8-13(9-7-12)16-11-23-18(21-16)17-14(19)4-3-5-15(17)20/h3-9,16H,2,10-11H2,1H3. The van der Waals surface area contributed by atoms with Crippen molar-refractivity contribution in [2.45, 2.75) is 19.6 Å². The van der Waals surface area contributed by atoms with E-state index in [1.54, 1.807) is 0 Å². The van der Waals surface area contributed by atoms with E-state index < -0.39 is 11.6 Å². The van der Waals surface area contributed by atoms with Gasteiger partial charge < -0.3 is 9.47 Å². The summed E-state index contributed by atoms with van der Waals surface area (Å²) in [7, 11) is 0. The molecule has 0 aromatic heterocycles. The zero-order chi connectivity index (χ0) is 16.2. The summed E-state index contributed by atoms with van der Waals surface area (Å²) in [5.74, 6) is -1.32. The van der Waals surface area contributed by atoms with Crippen LogP contribution in [-0.4, -0.2) is 19.1 Å². The van der Waals surface area contributed by atoms with Crippen LogP contribution in [0.15, 0.2) is 47.5 Å². The quantitative estimate of drug-likeness (QED) is 0.834. The van der Waals surface area contributed by atoms with Crippen LogP contribution >= 0.6 is 0 Å². The first-order valence-corrected chi connectivity index (χ1v) is 7.50. The largest absolute Gasteiger partial charge is 0.475 e. The average molecular weight is 317 g/mol. The maximum atomic E-state index is 13.8. The smallest absolute Gasteiger partial charge is 0.222 e. The van der Waals surface area contributed by atoms with Gasteiger partial charge in [0.25, 0.3) is 0 Å². The summed E-state index contributed by atoms with van der Waals surface area (Å²) in [6.45, 7) is 3.45. The Morgan fingerprint density at radius 3 is 2.48 bits per heavy atom. The van der Waals surface area contributed by atoms with Gasteiger partial charge in [0.15, 0.2) is 0 Å². The Kier molecular flexibility index (Phi) is 4.67. The molecule has 1 heterocycles. The lowest BCUT2D eigenvalue weighted by atomic mass is 10.1. The number of ether oxygens (including phenoxy) is 2. The number of hydrogen-bond acceptors (Lipinski definition) is 3. The molecule has 0 spiro atoms. The van der Waals surface area contributed by atoms with E-state index in [9.17, 15) is 8.78 Å². The van der Waals surface area contributed by atoms with Crippen molar-refractivity contribution in [2.75, 3.05) is 13.2 Å². The minimum atomic E-state index is -0.670. The predicted molar refractivity (Wildman–Crippen MR) is 83.4 cm³/mol. The first-order chi connectivity index (χ1) is 11.2. The Hall–Kier alpha value is -2.27. The van der Waals surface area contributed by atoms with E-state index in [1.807, 2.05) is 31.2 Å². The summed E-state index contributed by atoms with van der Waals surface area (Å²) >= 11 is 0. The van der Waals surface area contributed by atoms with E-state index >= 15 is 0 Å². The fourth-order valence-electron chi connectivity index (χ4n) is 2.44. The second-order valence-corrected chi connectivity index (χ2v) is 5.24. The molecular formula is C18H17F2NO2. The van der Waals surface area contributed by atoms with Gasteiger partial charge in [-0.25, -0.2) is 13.8 Å². The molecule has 0 bridgehead atoms. The van der Waals surface area contributed by atoms with Crippen LogP contribution in [0.1, 0.15) is 29.7 Å². The van der Waals surface area contributed by atoms with Gasteiger partial charge in [-0.1, -0.05) is 30.3 Å². The van der Waals surface area contributed by atoms with Crippen molar-refractivity contribution >= 4 is 5.90 Å². The van der Waals surface area contributed by atoms with Gasteiger partial charge >= 0.3 is 0 Å². The number of hydrogen-bond donors (Lipinski definition) is 0. The van der Waals surface area contributed by atoms with E-state index in [-0.39, 0.29) is 24.1 Å². The molecule has 0 saturated heterocycles. The van der Waals surface area contributed by atoms with Crippen LogP contribution in [0.5, 0.6) is 0 Å². The van der Waals surface area contributed by atoms with Gasteiger partial charge in [0.05, 0.1) is 6.61 Å². The summed E-state index contributed by atoms with van der Waals surface area (Å²) in [6, 6.07) is 11.2. The van der Waals surface area contributed by atoms with E-state index in [1.165, 1.54) is 18.2 Å². The van der Waals surface area contributed by atoms with Crippen LogP contribution in [-0.2, 0) is 16.1 Å². The van der Waals surface area contributed by atoms with Gasteiger partial charge in [-0.15, -0.1) is 0 Å². The maximum Gasteiger partial charge on any atom is 0.222 e. The molecule has 0 aliphatic carbocycles. The van der Waals surface area contributed by atoms with E-state index in [0.29, 0.717) is 13.2 Å². The fraction of sp³-hybridized carbons (Fsp3) is 0.278. The lowest BCUT2D eigenvalue weighted by Gasteiger charge is -2.07. The first-order valence-electron chi connectivity index (χ1n) is 7.50. The number of aliphatic imine (C=N–C) groups is 1. The molecule has 3 rings (SSSR count). The SMILES string of the molecule is CCOCc1ccc(C2COC(c3c(F)cccc3F)=N2)cc1. The minimum absolute atomic E-state index is 0.0176. The Morgan fingerprint density at radius 2 is 1.83 bits per heavy atom. The summed E-state index contributed by atoms with van der Waals surface area (Å²) in [4.78, 5) is 4.33. The molecule has 0 radical (unpaired) electrons. The van der Waals surface area contributed by atoms with Crippen molar-refractivity contribution < 1.29 is 18.3 Å². The number of halogens is 2. The Labute approximate surface area is 133 Å². The topological polar surface area (TPSA) is 30.8 Å². The second-order valence-electron chi connectivity index (χ2n) is 5.24. The Balaban J connectivity index is 1.79. The van der Waals surface area contributed by atoms with Crippen LogP contribution in [0.2, 0.25) is 0 Å². The first kappa shape index (κ1) is 15.6. The molecular weight excluding hydrogens is 300 g/mol. The van der Waals surface area contributed by atoms with Gasteiger partial charge in [-0.3, -0.25) is 0 Å². The van der Waals surface area contributed by atoms with Crippen molar-refractivity contribution in [3.63, 3.8) is 0 Å². The monoisotopic (exact) mass is 317 g/mol. The second kappa shape index (κ2) is 6.87. The maximum absolute atomic E-state index is 13.8. The van der Waals surface area contributed by atoms with Crippen LogP contribution in [0.3, 0.4) is 0 Å². The fourth-order valence-corrected chi connectivity index (χ4v) is 2.44. The zero-order valence-corrected chi connectivity index (χ0v) is 12.8. The average Bonchev–Trinajstić information content (AvgIpc) is 3.03.